The smallest absolute Gasteiger partial charge is 0.228 e. The molecule has 0 atom stereocenters. The summed E-state index contributed by atoms with van der Waals surface area (Å²) in [6.07, 6.45) is 1.40. The van der Waals surface area contributed by atoms with E-state index in [1.807, 2.05) is 23.3 Å². The highest BCUT2D eigenvalue weighted by Crippen LogP contribution is 2.24. The van der Waals surface area contributed by atoms with Gasteiger partial charge in [0.25, 0.3) is 0 Å². The van der Waals surface area contributed by atoms with Gasteiger partial charge in [0.15, 0.2) is 5.76 Å². The molecule has 1 saturated heterocycles. The summed E-state index contributed by atoms with van der Waals surface area (Å²) in [5, 5.41) is 6.91. The average molecular weight is 411 g/mol. The van der Waals surface area contributed by atoms with Crippen LogP contribution in [0.3, 0.4) is 0 Å². The van der Waals surface area contributed by atoms with Crippen LogP contribution in [0, 0.1) is 6.92 Å². The quantitative estimate of drug-likeness (QED) is 0.622. The van der Waals surface area contributed by atoms with Gasteiger partial charge in [-0.3, -0.25) is 9.69 Å². The third kappa shape index (κ3) is 4.92. The van der Waals surface area contributed by atoms with Gasteiger partial charge in [0.2, 0.25) is 5.91 Å². The Morgan fingerprint density at radius 3 is 2.59 bits per heavy atom. The first-order chi connectivity index (χ1) is 14.1. The third-order valence-electron chi connectivity index (χ3n) is 5.27. The molecule has 7 heteroatoms. The van der Waals surface area contributed by atoms with Crippen molar-refractivity contribution in [1.29, 1.82) is 0 Å². The molecule has 0 bridgehead atoms. The van der Waals surface area contributed by atoms with Crippen molar-refractivity contribution in [2.24, 2.45) is 0 Å². The summed E-state index contributed by atoms with van der Waals surface area (Å²) < 4.78 is 5.29. The van der Waals surface area contributed by atoms with Crippen molar-refractivity contribution in [2.75, 3.05) is 26.2 Å². The predicted octanol–water partition coefficient (Wildman–Crippen LogP) is 3.56. The van der Waals surface area contributed by atoms with Crippen LogP contribution in [0.1, 0.15) is 29.6 Å². The van der Waals surface area contributed by atoms with Gasteiger partial charge < -0.3 is 9.42 Å². The normalized spacial score (nSPS) is 15.0. The van der Waals surface area contributed by atoms with Crippen molar-refractivity contribution < 1.29 is 9.32 Å². The molecule has 0 spiro atoms. The number of aromatic nitrogens is 2. The van der Waals surface area contributed by atoms with Gasteiger partial charge in [-0.15, -0.1) is 11.3 Å². The Balaban J connectivity index is 1.29. The molecule has 0 radical (unpaired) electrons. The molecule has 3 heterocycles. The number of thiazole rings is 1. The van der Waals surface area contributed by atoms with Gasteiger partial charge in [-0.05, 0) is 18.9 Å². The van der Waals surface area contributed by atoms with E-state index in [1.54, 1.807) is 11.3 Å². The van der Waals surface area contributed by atoms with E-state index >= 15 is 0 Å². The minimum Gasteiger partial charge on any atom is -0.360 e. The van der Waals surface area contributed by atoms with Crippen LogP contribution in [0.5, 0.6) is 0 Å². The number of benzene rings is 1. The van der Waals surface area contributed by atoms with Crippen LogP contribution in [0.4, 0.5) is 0 Å². The van der Waals surface area contributed by atoms with Crippen molar-refractivity contribution >= 4 is 17.2 Å². The number of hydrogen-bond donors (Lipinski definition) is 0. The van der Waals surface area contributed by atoms with Crippen LogP contribution in [0.2, 0.25) is 0 Å². The van der Waals surface area contributed by atoms with Crippen molar-refractivity contribution in [2.45, 2.75) is 33.2 Å². The number of nitrogens with zero attached hydrogens (tertiary/aromatic N) is 4. The molecule has 1 fully saturated rings. The second-order valence-corrected chi connectivity index (χ2v) is 8.32. The molecule has 4 rings (SSSR count). The Hall–Kier alpha value is -2.51. The lowest BCUT2D eigenvalue weighted by molar-refractivity contribution is -0.132. The predicted molar refractivity (Wildman–Crippen MR) is 114 cm³/mol. The Morgan fingerprint density at radius 2 is 1.93 bits per heavy atom. The SMILES string of the molecule is CCc1ccc(-c2nc(CC(=O)N3CCN(Cc4cc(C)no4)CC3)cs2)cc1. The standard InChI is InChI=1S/C22H26N4O2S/c1-3-17-4-6-18(7-5-17)22-23-19(15-29-22)13-21(27)26-10-8-25(9-11-26)14-20-12-16(2)24-28-20/h4-7,12,15H,3,8-11,13-14H2,1-2H3. The summed E-state index contributed by atoms with van der Waals surface area (Å²) in [7, 11) is 0. The molecule has 2 aromatic heterocycles. The van der Waals surface area contributed by atoms with Gasteiger partial charge in [0.05, 0.1) is 24.4 Å². The van der Waals surface area contributed by atoms with E-state index in [9.17, 15) is 4.79 Å². The Morgan fingerprint density at radius 1 is 1.17 bits per heavy atom. The maximum absolute atomic E-state index is 12.7. The molecule has 3 aromatic rings. The zero-order valence-corrected chi connectivity index (χ0v) is 17.7. The van der Waals surface area contributed by atoms with Gasteiger partial charge in [-0.2, -0.15) is 0 Å². The lowest BCUT2D eigenvalue weighted by Crippen LogP contribution is -2.48. The van der Waals surface area contributed by atoms with Crippen LogP contribution in [-0.2, 0) is 24.2 Å². The molecule has 1 aromatic carbocycles. The minimum atomic E-state index is 0.151. The van der Waals surface area contributed by atoms with E-state index in [0.717, 1.165) is 66.9 Å². The minimum absolute atomic E-state index is 0.151. The van der Waals surface area contributed by atoms with Gasteiger partial charge in [0, 0.05) is 43.2 Å². The lowest BCUT2D eigenvalue weighted by Gasteiger charge is -2.34. The monoisotopic (exact) mass is 410 g/mol. The molecule has 152 valence electrons. The molecular weight excluding hydrogens is 384 g/mol. The van der Waals surface area contributed by atoms with E-state index in [4.69, 9.17) is 4.52 Å². The summed E-state index contributed by atoms with van der Waals surface area (Å²) in [5.41, 5.74) is 4.19. The highest BCUT2D eigenvalue weighted by atomic mass is 32.1. The number of aryl methyl sites for hydroxylation is 2. The number of hydrogen-bond acceptors (Lipinski definition) is 6. The Bertz CT molecular complexity index is 955. The summed E-state index contributed by atoms with van der Waals surface area (Å²) in [6, 6.07) is 10.5. The highest BCUT2D eigenvalue weighted by molar-refractivity contribution is 7.13. The maximum atomic E-state index is 12.7. The first-order valence-electron chi connectivity index (χ1n) is 10.1. The van der Waals surface area contributed by atoms with Crippen LogP contribution in [0.15, 0.2) is 40.2 Å². The molecule has 1 aliphatic heterocycles. The molecule has 0 unspecified atom stereocenters. The van der Waals surface area contributed by atoms with Crippen LogP contribution in [0.25, 0.3) is 10.6 Å². The van der Waals surface area contributed by atoms with Gasteiger partial charge in [0.1, 0.15) is 5.01 Å². The topological polar surface area (TPSA) is 62.5 Å². The molecule has 1 aliphatic rings. The molecule has 1 amide bonds. The van der Waals surface area contributed by atoms with Gasteiger partial charge >= 0.3 is 0 Å². The number of rotatable bonds is 6. The fourth-order valence-corrected chi connectivity index (χ4v) is 4.36. The fourth-order valence-electron chi connectivity index (χ4n) is 3.54. The number of amides is 1. The zero-order chi connectivity index (χ0) is 20.2. The van der Waals surface area contributed by atoms with Gasteiger partial charge in [-0.1, -0.05) is 36.3 Å². The first kappa shape index (κ1) is 19.8. The summed E-state index contributed by atoms with van der Waals surface area (Å²) in [5.74, 6) is 1.03. The maximum Gasteiger partial charge on any atom is 0.228 e. The van der Waals surface area contributed by atoms with Crippen molar-refractivity contribution in [1.82, 2.24) is 19.9 Å². The second-order valence-electron chi connectivity index (χ2n) is 7.46. The Labute approximate surface area is 175 Å². The van der Waals surface area contributed by atoms with E-state index in [1.165, 1.54) is 5.56 Å². The van der Waals surface area contributed by atoms with Crippen molar-refractivity contribution in [3.63, 3.8) is 0 Å². The first-order valence-corrected chi connectivity index (χ1v) is 10.9. The number of carbonyl (C=O) groups is 1. The summed E-state index contributed by atoms with van der Waals surface area (Å²) in [6.45, 7) is 7.98. The van der Waals surface area contributed by atoms with Gasteiger partial charge in [-0.25, -0.2) is 4.98 Å². The summed E-state index contributed by atoms with van der Waals surface area (Å²) >= 11 is 1.60. The van der Waals surface area contributed by atoms with E-state index in [2.05, 4.69) is 46.2 Å². The van der Waals surface area contributed by atoms with E-state index in [0.29, 0.717) is 6.42 Å². The van der Waals surface area contributed by atoms with E-state index < -0.39 is 0 Å². The zero-order valence-electron chi connectivity index (χ0n) is 16.9. The summed E-state index contributed by atoms with van der Waals surface area (Å²) in [4.78, 5) is 21.6. The lowest BCUT2D eigenvalue weighted by atomic mass is 10.1. The van der Waals surface area contributed by atoms with Crippen molar-refractivity contribution in [3.05, 3.63) is 58.4 Å². The second kappa shape index (κ2) is 8.88. The Kier molecular flexibility index (Phi) is 6.06. The highest BCUT2D eigenvalue weighted by Gasteiger charge is 2.22. The average Bonchev–Trinajstić information content (AvgIpc) is 3.37. The number of carbonyl (C=O) groups excluding carboxylic acids is 1. The molecule has 6 nitrogen and oxygen atoms in total. The molecule has 0 saturated carbocycles. The van der Waals surface area contributed by atoms with Crippen LogP contribution < -0.4 is 0 Å². The molecular formula is C22H26N4O2S. The fraction of sp³-hybridized carbons (Fsp3) is 0.409. The largest absolute Gasteiger partial charge is 0.360 e. The molecule has 29 heavy (non-hydrogen) atoms. The number of piperazine rings is 1. The van der Waals surface area contributed by atoms with E-state index in [-0.39, 0.29) is 5.91 Å². The molecule has 0 aliphatic carbocycles. The van der Waals surface area contributed by atoms with Crippen LogP contribution >= 0.6 is 11.3 Å². The third-order valence-corrected chi connectivity index (χ3v) is 6.21. The van der Waals surface area contributed by atoms with Crippen molar-refractivity contribution in [3.8, 4) is 10.6 Å². The van der Waals surface area contributed by atoms with Crippen LogP contribution in [-0.4, -0.2) is 52.0 Å². The molecule has 0 N–H and O–H groups in total.